The van der Waals surface area contributed by atoms with Crippen molar-refractivity contribution in [2.24, 2.45) is 0 Å². The van der Waals surface area contributed by atoms with Gasteiger partial charge >= 0.3 is 0 Å². The van der Waals surface area contributed by atoms with Crippen LogP contribution in [0.3, 0.4) is 0 Å². The molecule has 142 valence electrons. The van der Waals surface area contributed by atoms with E-state index in [1.807, 2.05) is 19.3 Å². The Kier molecular flexibility index (Phi) is 5.19. The van der Waals surface area contributed by atoms with E-state index in [0.717, 1.165) is 23.6 Å². The van der Waals surface area contributed by atoms with E-state index in [1.165, 1.54) is 10.8 Å². The van der Waals surface area contributed by atoms with Gasteiger partial charge in [0.25, 0.3) is 0 Å². The van der Waals surface area contributed by atoms with E-state index in [9.17, 15) is 0 Å². The zero-order valence-electron chi connectivity index (χ0n) is 16.1. The van der Waals surface area contributed by atoms with E-state index in [2.05, 4.69) is 58.3 Å². The quantitative estimate of drug-likeness (QED) is 0.485. The Morgan fingerprint density at radius 3 is 2.79 bits per heavy atom. The summed E-state index contributed by atoms with van der Waals surface area (Å²) in [6.45, 7) is 3.48. The minimum atomic E-state index is 0.664. The molecule has 4 rings (SSSR count). The lowest BCUT2D eigenvalue weighted by atomic mass is 10.0. The van der Waals surface area contributed by atoms with E-state index in [0.29, 0.717) is 19.0 Å². The van der Waals surface area contributed by atoms with Crippen LogP contribution in [0.5, 0.6) is 5.75 Å². The largest absolute Gasteiger partial charge is 0.493 e. The molecule has 6 heteroatoms. The number of benzene rings is 2. The predicted molar refractivity (Wildman–Crippen MR) is 111 cm³/mol. The first-order valence-electron chi connectivity index (χ1n) is 9.43. The van der Waals surface area contributed by atoms with Crippen molar-refractivity contribution in [1.29, 1.82) is 0 Å². The Bertz CT molecular complexity index is 1060. The van der Waals surface area contributed by atoms with Gasteiger partial charge in [-0.3, -0.25) is 4.98 Å². The van der Waals surface area contributed by atoms with E-state index < -0.39 is 0 Å². The average Bonchev–Trinajstić information content (AvgIpc) is 3.28. The second kappa shape index (κ2) is 8.08. The lowest BCUT2D eigenvalue weighted by Crippen LogP contribution is -2.19. The summed E-state index contributed by atoms with van der Waals surface area (Å²) in [6.07, 6.45) is 8.03. The molecule has 0 amide bonds. The number of nitrogens with zero attached hydrogens (tertiary/aromatic N) is 5. The van der Waals surface area contributed by atoms with Crippen LogP contribution in [0.2, 0.25) is 0 Å². The number of rotatable bonds is 7. The summed E-state index contributed by atoms with van der Waals surface area (Å²) in [5.41, 5.74) is 1.15. The summed E-state index contributed by atoms with van der Waals surface area (Å²) in [6, 6.07) is 14.4. The Labute approximate surface area is 164 Å². The fourth-order valence-corrected chi connectivity index (χ4v) is 3.19. The Morgan fingerprint density at radius 1 is 1.07 bits per heavy atom. The first-order chi connectivity index (χ1) is 13.8. The highest BCUT2D eigenvalue weighted by molar-refractivity contribution is 5.88. The number of hydrogen-bond acceptors (Lipinski definition) is 5. The standard InChI is InChI=1S/C22H23N5O/c1-3-13-28-20-10-9-17-7-4-5-8-18(17)19(20)16-26(2)21-14-23-15-22(25-21)27-12-6-11-24-27/h4-12,14-15H,3,13,16H2,1-2H3. The predicted octanol–water partition coefficient (Wildman–Crippen LogP) is 4.24. The summed E-state index contributed by atoms with van der Waals surface area (Å²) in [4.78, 5) is 11.1. The van der Waals surface area contributed by atoms with Crippen molar-refractivity contribution in [2.75, 3.05) is 18.6 Å². The van der Waals surface area contributed by atoms with Crippen LogP contribution in [0, 0.1) is 0 Å². The Morgan fingerprint density at radius 2 is 1.96 bits per heavy atom. The molecular formula is C22H23N5O. The van der Waals surface area contributed by atoms with Crippen LogP contribution in [0.1, 0.15) is 18.9 Å². The van der Waals surface area contributed by atoms with Gasteiger partial charge in [0.05, 0.1) is 19.0 Å². The third-order valence-electron chi connectivity index (χ3n) is 4.59. The zero-order valence-corrected chi connectivity index (χ0v) is 16.1. The van der Waals surface area contributed by atoms with Crippen LogP contribution < -0.4 is 9.64 Å². The molecule has 0 N–H and O–H groups in total. The zero-order chi connectivity index (χ0) is 19.3. The van der Waals surface area contributed by atoms with Gasteiger partial charge in [-0.15, -0.1) is 0 Å². The van der Waals surface area contributed by atoms with Crippen molar-refractivity contribution >= 4 is 16.6 Å². The molecule has 0 saturated heterocycles. The third-order valence-corrected chi connectivity index (χ3v) is 4.59. The molecule has 4 aromatic rings. The maximum Gasteiger partial charge on any atom is 0.173 e. The molecule has 2 aromatic heterocycles. The van der Waals surface area contributed by atoms with Crippen molar-refractivity contribution in [3.05, 3.63) is 72.8 Å². The molecular weight excluding hydrogens is 350 g/mol. The lowest BCUT2D eigenvalue weighted by molar-refractivity contribution is 0.314. The summed E-state index contributed by atoms with van der Waals surface area (Å²) >= 11 is 0. The second-order valence-electron chi connectivity index (χ2n) is 6.65. The number of hydrogen-bond donors (Lipinski definition) is 0. The number of fused-ring (bicyclic) bond motifs is 1. The molecule has 0 fully saturated rings. The normalized spacial score (nSPS) is 10.9. The lowest BCUT2D eigenvalue weighted by Gasteiger charge is -2.22. The fourth-order valence-electron chi connectivity index (χ4n) is 3.19. The smallest absolute Gasteiger partial charge is 0.173 e. The SMILES string of the molecule is CCCOc1ccc2ccccc2c1CN(C)c1cncc(-n2cccn2)n1. The molecule has 0 atom stereocenters. The molecule has 0 aliphatic rings. The van der Waals surface area contributed by atoms with Gasteiger partial charge in [-0.25, -0.2) is 9.67 Å². The summed E-state index contributed by atoms with van der Waals surface area (Å²) in [5, 5.41) is 6.63. The highest BCUT2D eigenvalue weighted by Gasteiger charge is 2.13. The van der Waals surface area contributed by atoms with E-state index in [4.69, 9.17) is 9.72 Å². The van der Waals surface area contributed by atoms with Crippen LogP contribution in [0.4, 0.5) is 5.82 Å². The molecule has 2 heterocycles. The molecule has 6 nitrogen and oxygen atoms in total. The van der Waals surface area contributed by atoms with Gasteiger partial charge in [0.2, 0.25) is 0 Å². The van der Waals surface area contributed by atoms with Gasteiger partial charge < -0.3 is 9.64 Å². The fraction of sp³-hybridized carbons (Fsp3) is 0.227. The topological polar surface area (TPSA) is 56.1 Å². The monoisotopic (exact) mass is 373 g/mol. The minimum Gasteiger partial charge on any atom is -0.493 e. The number of aromatic nitrogens is 4. The second-order valence-corrected chi connectivity index (χ2v) is 6.65. The first kappa shape index (κ1) is 18.0. The molecule has 0 aliphatic carbocycles. The highest BCUT2D eigenvalue weighted by Crippen LogP contribution is 2.30. The van der Waals surface area contributed by atoms with Crippen LogP contribution >= 0.6 is 0 Å². The van der Waals surface area contributed by atoms with Gasteiger partial charge in [-0.2, -0.15) is 5.10 Å². The minimum absolute atomic E-state index is 0.664. The average molecular weight is 373 g/mol. The molecule has 0 bridgehead atoms. The summed E-state index contributed by atoms with van der Waals surface area (Å²) in [7, 11) is 2.02. The summed E-state index contributed by atoms with van der Waals surface area (Å²) in [5.74, 6) is 2.39. The molecule has 0 aliphatic heterocycles. The molecule has 28 heavy (non-hydrogen) atoms. The van der Waals surface area contributed by atoms with E-state index in [1.54, 1.807) is 23.3 Å². The van der Waals surface area contributed by atoms with Crippen molar-refractivity contribution in [3.63, 3.8) is 0 Å². The maximum atomic E-state index is 6.04. The number of ether oxygens (including phenoxy) is 1. The van der Waals surface area contributed by atoms with Gasteiger partial charge in [0.15, 0.2) is 5.82 Å². The Hall–Kier alpha value is -3.41. The van der Waals surface area contributed by atoms with Crippen molar-refractivity contribution in [3.8, 4) is 11.6 Å². The Balaban J connectivity index is 1.68. The first-order valence-corrected chi connectivity index (χ1v) is 9.43. The van der Waals surface area contributed by atoms with E-state index in [-0.39, 0.29) is 0 Å². The van der Waals surface area contributed by atoms with Crippen molar-refractivity contribution in [2.45, 2.75) is 19.9 Å². The maximum absolute atomic E-state index is 6.04. The molecule has 0 saturated carbocycles. The van der Waals surface area contributed by atoms with E-state index >= 15 is 0 Å². The van der Waals surface area contributed by atoms with Gasteiger partial charge in [0.1, 0.15) is 11.6 Å². The molecule has 0 radical (unpaired) electrons. The van der Waals surface area contributed by atoms with Crippen LogP contribution in [0.25, 0.3) is 16.6 Å². The van der Waals surface area contributed by atoms with Crippen LogP contribution in [0.15, 0.2) is 67.3 Å². The van der Waals surface area contributed by atoms with Crippen molar-refractivity contribution < 1.29 is 4.74 Å². The summed E-state index contributed by atoms with van der Waals surface area (Å²) < 4.78 is 7.74. The molecule has 2 aromatic carbocycles. The number of anilines is 1. The molecule has 0 spiro atoms. The van der Waals surface area contributed by atoms with Crippen LogP contribution in [-0.4, -0.2) is 33.4 Å². The highest BCUT2D eigenvalue weighted by atomic mass is 16.5. The van der Waals surface area contributed by atoms with Crippen molar-refractivity contribution in [1.82, 2.24) is 19.7 Å². The van der Waals surface area contributed by atoms with Gasteiger partial charge in [-0.05, 0) is 29.3 Å². The molecule has 0 unspecified atom stereocenters. The third kappa shape index (κ3) is 3.67. The van der Waals surface area contributed by atoms with Crippen LogP contribution in [-0.2, 0) is 6.54 Å². The van der Waals surface area contributed by atoms with Gasteiger partial charge in [-0.1, -0.05) is 37.3 Å². The van der Waals surface area contributed by atoms with Gasteiger partial charge in [0, 0.05) is 31.5 Å².